The number of aromatic amines is 2. The van der Waals surface area contributed by atoms with E-state index in [0.29, 0.717) is 24.2 Å². The summed E-state index contributed by atoms with van der Waals surface area (Å²) in [5, 5.41) is 8.53. The molecule has 0 aliphatic carbocycles. The predicted molar refractivity (Wildman–Crippen MR) is 158 cm³/mol. The molecule has 3 saturated heterocycles. The first-order valence-electron chi connectivity index (χ1n) is 14.7. The van der Waals surface area contributed by atoms with Crippen molar-refractivity contribution < 1.29 is 0 Å². The zero-order chi connectivity index (χ0) is 25.8. The van der Waals surface area contributed by atoms with Crippen LogP contribution in [0.4, 0.5) is 5.69 Å². The number of nitrogens with zero attached hydrogens (tertiary/aromatic N) is 2. The van der Waals surface area contributed by atoms with Gasteiger partial charge >= 0.3 is 0 Å². The van der Waals surface area contributed by atoms with Crippen LogP contribution in [-0.2, 0) is 0 Å². The lowest BCUT2D eigenvalue weighted by atomic mass is 10.0. The van der Waals surface area contributed by atoms with Crippen LogP contribution in [0.2, 0.25) is 0 Å². The fourth-order valence-electron chi connectivity index (χ4n) is 7.28. The standard InChI is InChI=1S/C33H36N6/c1-2-6-24(7-3-1)39-31(21-10-12-25-23(18-21)20-29(36-25)26-8-4-16-34-26)14-15-32(39)22-11-13-27-30(19-22)38-33(37-27)28-9-5-17-35-28/h1-3,6-7,10-13,18-20,26,28,31-32,34-36H,4-5,8-9,14-17H2,(H,37,38)/t26?,28?,31-,32-/m1/s1. The molecule has 0 amide bonds. The van der Waals surface area contributed by atoms with Crippen LogP contribution in [0.1, 0.15) is 85.3 Å². The van der Waals surface area contributed by atoms with Gasteiger partial charge in [0, 0.05) is 28.3 Å². The Morgan fingerprint density at radius 3 is 2.13 bits per heavy atom. The molecule has 0 bridgehead atoms. The fraction of sp³-hybridized carbons (Fsp3) is 0.364. The third-order valence-electron chi connectivity index (χ3n) is 9.23. The minimum absolute atomic E-state index is 0.312. The normalized spacial score (nSPS) is 25.4. The molecule has 5 heterocycles. The van der Waals surface area contributed by atoms with Crippen molar-refractivity contribution in [1.82, 2.24) is 25.6 Å². The van der Waals surface area contributed by atoms with Crippen molar-refractivity contribution >= 4 is 27.6 Å². The van der Waals surface area contributed by atoms with Crippen molar-refractivity contribution in [1.29, 1.82) is 0 Å². The van der Waals surface area contributed by atoms with Crippen LogP contribution < -0.4 is 15.5 Å². The highest BCUT2D eigenvalue weighted by Crippen LogP contribution is 2.47. The number of fused-ring (bicyclic) bond motifs is 2. The van der Waals surface area contributed by atoms with E-state index in [-0.39, 0.29) is 0 Å². The molecule has 5 aromatic rings. The van der Waals surface area contributed by atoms with E-state index >= 15 is 0 Å². The molecule has 3 aliphatic rings. The molecule has 4 atom stereocenters. The van der Waals surface area contributed by atoms with Gasteiger partial charge in [0.25, 0.3) is 0 Å². The first-order valence-corrected chi connectivity index (χ1v) is 14.7. The van der Waals surface area contributed by atoms with Crippen molar-refractivity contribution in [2.45, 2.75) is 62.7 Å². The summed E-state index contributed by atoms with van der Waals surface area (Å²) in [5.74, 6) is 1.08. The van der Waals surface area contributed by atoms with Gasteiger partial charge in [-0.3, -0.25) is 0 Å². The maximum absolute atomic E-state index is 5.03. The SMILES string of the molecule is c1ccc(N2[C@@H](c3ccc4[nH]c(C5CCCN5)cc4c3)CC[C@@H]2c2ccc3[nH]c(C4CCCN4)nc3c2)cc1. The van der Waals surface area contributed by atoms with Crippen LogP contribution in [0.5, 0.6) is 0 Å². The van der Waals surface area contributed by atoms with E-state index in [2.05, 4.69) is 98.3 Å². The second-order valence-corrected chi connectivity index (χ2v) is 11.6. The van der Waals surface area contributed by atoms with Gasteiger partial charge in [0.2, 0.25) is 0 Å². The fourth-order valence-corrected chi connectivity index (χ4v) is 7.28. The maximum Gasteiger partial charge on any atom is 0.124 e. The third kappa shape index (κ3) is 4.14. The Morgan fingerprint density at radius 2 is 1.38 bits per heavy atom. The number of para-hydroxylation sites is 1. The lowest BCUT2D eigenvalue weighted by Gasteiger charge is -2.33. The molecule has 198 valence electrons. The topological polar surface area (TPSA) is 71.8 Å². The summed E-state index contributed by atoms with van der Waals surface area (Å²) in [4.78, 5) is 14.9. The Labute approximate surface area is 229 Å². The second-order valence-electron chi connectivity index (χ2n) is 11.6. The van der Waals surface area contributed by atoms with Crippen LogP contribution in [0.3, 0.4) is 0 Å². The molecular formula is C33H36N6. The average Bonchev–Trinajstić information content (AvgIpc) is 3.80. The van der Waals surface area contributed by atoms with E-state index in [9.17, 15) is 0 Å². The van der Waals surface area contributed by atoms with Gasteiger partial charge in [-0.25, -0.2) is 4.98 Å². The van der Waals surface area contributed by atoms with Crippen LogP contribution >= 0.6 is 0 Å². The number of anilines is 1. The number of aromatic nitrogens is 3. The second kappa shape index (κ2) is 9.54. The van der Waals surface area contributed by atoms with E-state index in [1.54, 1.807) is 0 Å². The third-order valence-corrected chi connectivity index (χ3v) is 9.23. The number of imidazole rings is 1. The molecule has 4 N–H and O–H groups in total. The van der Waals surface area contributed by atoms with Crippen LogP contribution in [0, 0.1) is 0 Å². The van der Waals surface area contributed by atoms with E-state index < -0.39 is 0 Å². The highest BCUT2D eigenvalue weighted by molar-refractivity contribution is 5.82. The first kappa shape index (κ1) is 23.3. The highest BCUT2D eigenvalue weighted by atomic mass is 15.2. The van der Waals surface area contributed by atoms with E-state index in [0.717, 1.165) is 49.2 Å². The van der Waals surface area contributed by atoms with Gasteiger partial charge in [-0.15, -0.1) is 0 Å². The lowest BCUT2D eigenvalue weighted by molar-refractivity contribution is 0.614. The molecule has 6 nitrogen and oxygen atoms in total. The molecule has 2 aromatic heterocycles. The van der Waals surface area contributed by atoms with Gasteiger partial charge < -0.3 is 25.5 Å². The number of benzene rings is 3. The molecule has 0 spiro atoms. The largest absolute Gasteiger partial charge is 0.357 e. The van der Waals surface area contributed by atoms with Crippen molar-refractivity contribution in [3.8, 4) is 0 Å². The van der Waals surface area contributed by atoms with Gasteiger partial charge in [0.15, 0.2) is 0 Å². The van der Waals surface area contributed by atoms with E-state index in [1.807, 2.05) is 0 Å². The smallest absolute Gasteiger partial charge is 0.124 e. The van der Waals surface area contributed by atoms with Crippen molar-refractivity contribution in [3.05, 3.63) is 95.4 Å². The van der Waals surface area contributed by atoms with Gasteiger partial charge in [-0.2, -0.15) is 0 Å². The number of hydrogen-bond donors (Lipinski definition) is 4. The number of rotatable bonds is 5. The Balaban J connectivity index is 1.15. The summed E-state index contributed by atoms with van der Waals surface area (Å²) in [6.07, 6.45) is 7.09. The van der Waals surface area contributed by atoms with Gasteiger partial charge in [-0.05, 0) is 105 Å². The summed E-state index contributed by atoms with van der Waals surface area (Å²) < 4.78 is 0. The molecule has 0 radical (unpaired) electrons. The van der Waals surface area contributed by atoms with Crippen molar-refractivity contribution in [2.75, 3.05) is 18.0 Å². The zero-order valence-corrected chi connectivity index (χ0v) is 22.3. The molecule has 3 aliphatic heterocycles. The minimum Gasteiger partial charge on any atom is -0.357 e. The Bertz CT molecular complexity index is 1500. The lowest BCUT2D eigenvalue weighted by Crippen LogP contribution is -2.26. The molecule has 2 unspecified atom stereocenters. The van der Waals surface area contributed by atoms with Gasteiger partial charge in [0.05, 0.1) is 29.2 Å². The van der Waals surface area contributed by atoms with Gasteiger partial charge in [0.1, 0.15) is 5.82 Å². The zero-order valence-electron chi connectivity index (χ0n) is 22.3. The van der Waals surface area contributed by atoms with E-state index in [1.165, 1.54) is 52.7 Å². The average molecular weight is 517 g/mol. The van der Waals surface area contributed by atoms with Gasteiger partial charge in [-0.1, -0.05) is 30.3 Å². The summed E-state index contributed by atoms with van der Waals surface area (Å²) in [5.41, 5.74) is 8.80. The molecule has 3 fully saturated rings. The summed E-state index contributed by atoms with van der Waals surface area (Å²) in [7, 11) is 0. The maximum atomic E-state index is 5.03. The Kier molecular flexibility index (Phi) is 5.70. The first-order chi connectivity index (χ1) is 19.3. The van der Waals surface area contributed by atoms with Crippen LogP contribution in [-0.4, -0.2) is 28.0 Å². The van der Waals surface area contributed by atoms with Crippen molar-refractivity contribution in [2.24, 2.45) is 0 Å². The Morgan fingerprint density at radius 1 is 0.667 bits per heavy atom. The van der Waals surface area contributed by atoms with E-state index in [4.69, 9.17) is 4.98 Å². The molecule has 39 heavy (non-hydrogen) atoms. The molecule has 6 heteroatoms. The van der Waals surface area contributed by atoms with Crippen LogP contribution in [0.25, 0.3) is 21.9 Å². The van der Waals surface area contributed by atoms with Crippen molar-refractivity contribution in [3.63, 3.8) is 0 Å². The Hall–Kier alpha value is -3.61. The monoisotopic (exact) mass is 516 g/mol. The highest BCUT2D eigenvalue weighted by Gasteiger charge is 2.36. The predicted octanol–water partition coefficient (Wildman–Crippen LogP) is 6.98. The van der Waals surface area contributed by atoms with Crippen LogP contribution in [0.15, 0.2) is 72.8 Å². The number of hydrogen-bond acceptors (Lipinski definition) is 4. The number of H-pyrrole nitrogens is 2. The molecule has 3 aromatic carbocycles. The molecule has 0 saturated carbocycles. The minimum atomic E-state index is 0.312. The number of nitrogens with one attached hydrogen (secondary N) is 4. The summed E-state index contributed by atoms with van der Waals surface area (Å²) in [6.45, 7) is 2.19. The molecular weight excluding hydrogens is 480 g/mol. The quantitative estimate of drug-likeness (QED) is 0.203. The molecule has 8 rings (SSSR count). The summed E-state index contributed by atoms with van der Waals surface area (Å²) >= 11 is 0. The summed E-state index contributed by atoms with van der Waals surface area (Å²) in [6, 6.07) is 28.7.